The van der Waals surface area contributed by atoms with Gasteiger partial charge in [0.1, 0.15) is 0 Å². The number of aryl methyl sites for hydroxylation is 1. The molecule has 0 unspecified atom stereocenters. The standard InChI is InChI=1S/C12H8FN3O5/c1-6-5-15(14-10(11(6)17)12(18)19)7-2-3-8(13)9(4-7)16(20)21/h2-5H,1H3,(H,18,19). The number of nitro groups is 1. The molecule has 0 aliphatic heterocycles. The molecule has 0 amide bonds. The molecule has 0 radical (unpaired) electrons. The molecule has 0 fully saturated rings. The van der Waals surface area contributed by atoms with E-state index in [1.165, 1.54) is 19.2 Å². The van der Waals surface area contributed by atoms with Gasteiger partial charge in [0.05, 0.1) is 10.6 Å². The van der Waals surface area contributed by atoms with Crippen LogP contribution in [0.3, 0.4) is 0 Å². The van der Waals surface area contributed by atoms with E-state index in [4.69, 9.17) is 5.11 Å². The highest BCUT2D eigenvalue weighted by molar-refractivity contribution is 5.85. The quantitative estimate of drug-likeness (QED) is 0.673. The lowest BCUT2D eigenvalue weighted by atomic mass is 10.2. The summed E-state index contributed by atoms with van der Waals surface area (Å²) in [6.45, 7) is 1.38. The Morgan fingerprint density at radius 1 is 1.48 bits per heavy atom. The molecule has 1 N–H and O–H groups in total. The van der Waals surface area contributed by atoms with E-state index < -0.39 is 33.5 Å². The van der Waals surface area contributed by atoms with Crippen molar-refractivity contribution in [1.82, 2.24) is 9.78 Å². The van der Waals surface area contributed by atoms with E-state index in [0.717, 1.165) is 16.8 Å². The zero-order valence-corrected chi connectivity index (χ0v) is 10.6. The Labute approximate surface area is 116 Å². The molecule has 1 aromatic heterocycles. The molecule has 0 aliphatic rings. The highest BCUT2D eigenvalue weighted by Gasteiger charge is 2.18. The minimum atomic E-state index is -1.52. The number of carbonyl (C=O) groups is 1. The fourth-order valence-corrected chi connectivity index (χ4v) is 1.67. The second kappa shape index (κ2) is 5.12. The second-order valence-corrected chi connectivity index (χ2v) is 4.13. The summed E-state index contributed by atoms with van der Waals surface area (Å²) in [6, 6.07) is 2.95. The Hall–Kier alpha value is -3.10. The molecule has 0 spiro atoms. The first-order valence-electron chi connectivity index (χ1n) is 5.59. The van der Waals surface area contributed by atoms with Crippen LogP contribution >= 0.6 is 0 Å². The number of benzene rings is 1. The molecular formula is C12H8FN3O5. The summed E-state index contributed by atoms with van der Waals surface area (Å²) in [6.07, 6.45) is 1.21. The zero-order valence-electron chi connectivity index (χ0n) is 10.6. The van der Waals surface area contributed by atoms with Crippen LogP contribution in [0.15, 0.2) is 29.2 Å². The Balaban J connectivity index is 2.68. The van der Waals surface area contributed by atoms with E-state index in [9.17, 15) is 24.1 Å². The number of carboxylic acid groups (broad SMARTS) is 1. The van der Waals surface area contributed by atoms with Crippen LogP contribution in [-0.2, 0) is 0 Å². The minimum absolute atomic E-state index is 0.0636. The highest BCUT2D eigenvalue weighted by atomic mass is 19.1. The minimum Gasteiger partial charge on any atom is -0.476 e. The van der Waals surface area contributed by atoms with Crippen molar-refractivity contribution in [1.29, 1.82) is 0 Å². The molecule has 8 nitrogen and oxygen atoms in total. The zero-order chi connectivity index (χ0) is 15.7. The maximum absolute atomic E-state index is 13.3. The molecule has 0 aliphatic carbocycles. The summed E-state index contributed by atoms with van der Waals surface area (Å²) in [4.78, 5) is 32.3. The van der Waals surface area contributed by atoms with Gasteiger partial charge in [-0.3, -0.25) is 14.9 Å². The largest absolute Gasteiger partial charge is 0.476 e. The van der Waals surface area contributed by atoms with E-state index in [2.05, 4.69) is 5.10 Å². The lowest BCUT2D eigenvalue weighted by Crippen LogP contribution is -2.23. The number of rotatable bonds is 3. The molecule has 21 heavy (non-hydrogen) atoms. The summed E-state index contributed by atoms with van der Waals surface area (Å²) in [5.41, 5.74) is -2.09. The molecule has 0 bridgehead atoms. The Morgan fingerprint density at radius 2 is 2.14 bits per heavy atom. The molecule has 0 atom stereocenters. The monoisotopic (exact) mass is 293 g/mol. The summed E-state index contributed by atoms with van der Waals surface area (Å²) < 4.78 is 14.3. The lowest BCUT2D eigenvalue weighted by molar-refractivity contribution is -0.387. The number of aromatic carboxylic acids is 1. The van der Waals surface area contributed by atoms with Gasteiger partial charge >= 0.3 is 11.7 Å². The summed E-state index contributed by atoms with van der Waals surface area (Å²) >= 11 is 0. The summed E-state index contributed by atoms with van der Waals surface area (Å²) in [5.74, 6) is -2.55. The van der Waals surface area contributed by atoms with Gasteiger partial charge in [0.2, 0.25) is 16.9 Å². The van der Waals surface area contributed by atoms with Crippen molar-refractivity contribution in [3.8, 4) is 5.69 Å². The number of hydrogen-bond donors (Lipinski definition) is 1. The van der Waals surface area contributed by atoms with Crippen molar-refractivity contribution in [3.63, 3.8) is 0 Å². The molecule has 2 aromatic rings. The molecule has 0 saturated heterocycles. The lowest BCUT2D eigenvalue weighted by Gasteiger charge is -2.07. The normalized spacial score (nSPS) is 10.4. The van der Waals surface area contributed by atoms with Gasteiger partial charge in [0.25, 0.3) is 0 Å². The summed E-state index contributed by atoms with van der Waals surface area (Å²) in [5, 5.41) is 23.2. The molecule has 9 heteroatoms. The van der Waals surface area contributed by atoms with Crippen LogP contribution in [-0.4, -0.2) is 25.8 Å². The van der Waals surface area contributed by atoms with Crippen molar-refractivity contribution in [3.05, 3.63) is 61.8 Å². The number of carboxylic acids is 1. The first-order chi connectivity index (χ1) is 9.81. The molecule has 1 aromatic carbocycles. The van der Waals surface area contributed by atoms with Gasteiger partial charge in [-0.1, -0.05) is 0 Å². The highest BCUT2D eigenvalue weighted by Crippen LogP contribution is 2.20. The maximum atomic E-state index is 13.3. The first kappa shape index (κ1) is 14.3. The van der Waals surface area contributed by atoms with Crippen LogP contribution in [0.1, 0.15) is 16.1 Å². The number of nitro benzene ring substituents is 1. The van der Waals surface area contributed by atoms with Crippen molar-refractivity contribution >= 4 is 11.7 Å². The number of halogens is 1. The Morgan fingerprint density at radius 3 is 2.71 bits per heavy atom. The van der Waals surface area contributed by atoms with Gasteiger partial charge in [-0.05, 0) is 19.1 Å². The number of hydrogen-bond acceptors (Lipinski definition) is 5. The molecule has 0 saturated carbocycles. The van der Waals surface area contributed by atoms with Gasteiger partial charge in [-0.2, -0.15) is 9.49 Å². The summed E-state index contributed by atoms with van der Waals surface area (Å²) in [7, 11) is 0. The fourth-order valence-electron chi connectivity index (χ4n) is 1.67. The van der Waals surface area contributed by atoms with Crippen LogP contribution < -0.4 is 5.43 Å². The van der Waals surface area contributed by atoms with E-state index in [1.54, 1.807) is 0 Å². The average molecular weight is 293 g/mol. The van der Waals surface area contributed by atoms with Crippen LogP contribution in [0.4, 0.5) is 10.1 Å². The van der Waals surface area contributed by atoms with Gasteiger partial charge in [-0.25, -0.2) is 9.48 Å². The van der Waals surface area contributed by atoms with Crippen LogP contribution in [0.25, 0.3) is 5.69 Å². The maximum Gasteiger partial charge on any atom is 0.360 e. The average Bonchev–Trinajstić information content (AvgIpc) is 2.41. The molecule has 2 rings (SSSR count). The Kier molecular flexibility index (Phi) is 3.49. The van der Waals surface area contributed by atoms with Gasteiger partial charge in [-0.15, -0.1) is 0 Å². The third kappa shape index (κ3) is 2.61. The van der Waals surface area contributed by atoms with E-state index in [1.807, 2.05) is 0 Å². The fraction of sp³-hybridized carbons (Fsp3) is 0.0833. The van der Waals surface area contributed by atoms with Crippen LogP contribution in [0.2, 0.25) is 0 Å². The van der Waals surface area contributed by atoms with Crippen molar-refractivity contribution in [2.75, 3.05) is 0 Å². The topological polar surface area (TPSA) is 115 Å². The predicted octanol–water partition coefficient (Wildman–Crippen LogP) is 1.29. The SMILES string of the molecule is Cc1cn(-c2ccc(F)c([N+](=O)[O-])c2)nc(C(=O)O)c1=O. The predicted molar refractivity (Wildman–Crippen MR) is 68.1 cm³/mol. The smallest absolute Gasteiger partial charge is 0.360 e. The second-order valence-electron chi connectivity index (χ2n) is 4.13. The molecule has 1 heterocycles. The number of aromatic nitrogens is 2. The van der Waals surface area contributed by atoms with Crippen molar-refractivity contribution in [2.45, 2.75) is 6.92 Å². The van der Waals surface area contributed by atoms with E-state index in [-0.39, 0.29) is 11.3 Å². The van der Waals surface area contributed by atoms with E-state index >= 15 is 0 Å². The number of nitrogens with zero attached hydrogens (tertiary/aromatic N) is 3. The third-order valence-corrected chi connectivity index (χ3v) is 2.69. The third-order valence-electron chi connectivity index (χ3n) is 2.69. The van der Waals surface area contributed by atoms with Gasteiger partial charge in [0.15, 0.2) is 0 Å². The van der Waals surface area contributed by atoms with Crippen molar-refractivity contribution < 1.29 is 19.2 Å². The van der Waals surface area contributed by atoms with Crippen LogP contribution in [0.5, 0.6) is 0 Å². The van der Waals surface area contributed by atoms with E-state index in [0.29, 0.717) is 0 Å². The molecular weight excluding hydrogens is 285 g/mol. The first-order valence-corrected chi connectivity index (χ1v) is 5.59. The van der Waals surface area contributed by atoms with Crippen LogP contribution in [0, 0.1) is 22.9 Å². The van der Waals surface area contributed by atoms with Gasteiger partial charge < -0.3 is 5.11 Å². The molecule has 108 valence electrons. The Bertz CT molecular complexity index is 815. The van der Waals surface area contributed by atoms with Gasteiger partial charge in [0, 0.05) is 17.8 Å². The van der Waals surface area contributed by atoms with Crippen molar-refractivity contribution in [2.24, 2.45) is 0 Å².